The topological polar surface area (TPSA) is 32.3 Å². The van der Waals surface area contributed by atoms with E-state index in [-0.39, 0.29) is 11.3 Å². The van der Waals surface area contributed by atoms with Crippen LogP contribution in [0.15, 0.2) is 24.3 Å². The molecule has 1 aliphatic heterocycles. The molecule has 1 N–H and O–H groups in total. The molecule has 1 saturated heterocycles. The zero-order chi connectivity index (χ0) is 15.2. The fourth-order valence-electron chi connectivity index (χ4n) is 4.79. The molecule has 0 aromatic heterocycles. The molecule has 1 spiro atoms. The summed E-state index contributed by atoms with van der Waals surface area (Å²) in [4.78, 5) is 15.1. The molecule has 1 aromatic rings. The van der Waals surface area contributed by atoms with Gasteiger partial charge in [-0.1, -0.05) is 24.3 Å². The third kappa shape index (κ3) is 2.18. The molecule has 22 heavy (non-hydrogen) atoms. The molecule has 3 heteroatoms. The van der Waals surface area contributed by atoms with Crippen LogP contribution in [0.1, 0.15) is 36.8 Å². The van der Waals surface area contributed by atoms with Crippen molar-refractivity contribution in [1.29, 1.82) is 0 Å². The third-order valence-electron chi connectivity index (χ3n) is 6.19. The molecule has 118 valence electrons. The highest BCUT2D eigenvalue weighted by Crippen LogP contribution is 2.62. The van der Waals surface area contributed by atoms with Crippen LogP contribution in [0.25, 0.3) is 0 Å². The van der Waals surface area contributed by atoms with Crippen LogP contribution < -0.4 is 5.32 Å². The van der Waals surface area contributed by atoms with E-state index in [2.05, 4.69) is 34.5 Å². The van der Waals surface area contributed by atoms with E-state index in [1.165, 1.54) is 17.5 Å². The summed E-state index contributed by atoms with van der Waals surface area (Å²) in [7, 11) is 2.02. The Labute approximate surface area is 133 Å². The number of hydrogen-bond donors (Lipinski definition) is 1. The van der Waals surface area contributed by atoms with Crippen molar-refractivity contribution in [3.63, 3.8) is 0 Å². The van der Waals surface area contributed by atoms with Crippen molar-refractivity contribution < 1.29 is 4.79 Å². The molecule has 1 heterocycles. The number of rotatable bonds is 3. The first kappa shape index (κ1) is 14.3. The van der Waals surface area contributed by atoms with Crippen LogP contribution in [0.3, 0.4) is 0 Å². The van der Waals surface area contributed by atoms with E-state index < -0.39 is 0 Å². The Hall–Kier alpha value is -1.35. The van der Waals surface area contributed by atoms with Gasteiger partial charge >= 0.3 is 0 Å². The fraction of sp³-hybridized carbons (Fsp3) is 0.632. The van der Waals surface area contributed by atoms with Gasteiger partial charge in [-0.2, -0.15) is 0 Å². The lowest BCUT2D eigenvalue weighted by molar-refractivity contribution is -0.134. The Bertz CT molecular complexity index is 577. The van der Waals surface area contributed by atoms with Crippen molar-refractivity contribution in [3.8, 4) is 0 Å². The number of carbonyl (C=O) groups excluding carboxylic acids is 1. The average Bonchev–Trinajstić information content (AvgIpc) is 3.17. The minimum absolute atomic E-state index is 0.204. The van der Waals surface area contributed by atoms with Crippen molar-refractivity contribution in [3.05, 3.63) is 35.4 Å². The summed E-state index contributed by atoms with van der Waals surface area (Å²) in [5.41, 5.74) is 3.15. The number of piperidine rings is 1. The van der Waals surface area contributed by atoms with Crippen LogP contribution in [-0.4, -0.2) is 37.5 Å². The van der Waals surface area contributed by atoms with E-state index >= 15 is 0 Å². The molecule has 0 radical (unpaired) electrons. The highest BCUT2D eigenvalue weighted by Gasteiger charge is 2.62. The van der Waals surface area contributed by atoms with Gasteiger partial charge in [0, 0.05) is 24.4 Å². The summed E-state index contributed by atoms with van der Waals surface area (Å²) < 4.78 is 0. The molecule has 4 rings (SSSR count). The summed E-state index contributed by atoms with van der Waals surface area (Å²) in [6.07, 6.45) is 5.73. The van der Waals surface area contributed by atoms with Crippen molar-refractivity contribution >= 4 is 5.91 Å². The summed E-state index contributed by atoms with van der Waals surface area (Å²) in [5.74, 6) is 1.44. The monoisotopic (exact) mass is 298 g/mol. The minimum Gasteiger partial charge on any atom is -0.342 e. The summed E-state index contributed by atoms with van der Waals surface area (Å²) >= 11 is 0. The maximum Gasteiger partial charge on any atom is 0.226 e. The van der Waals surface area contributed by atoms with E-state index in [0.29, 0.717) is 5.91 Å². The van der Waals surface area contributed by atoms with E-state index in [0.717, 1.165) is 51.2 Å². The Balaban J connectivity index is 1.42. The Morgan fingerprint density at radius 2 is 2.09 bits per heavy atom. The Kier molecular flexibility index (Phi) is 3.48. The molecule has 2 atom stereocenters. The summed E-state index contributed by atoms with van der Waals surface area (Å²) in [6, 6.07) is 8.76. The van der Waals surface area contributed by atoms with Gasteiger partial charge in [-0.15, -0.1) is 0 Å². The van der Waals surface area contributed by atoms with Gasteiger partial charge < -0.3 is 10.2 Å². The molecule has 2 fully saturated rings. The quantitative estimate of drug-likeness (QED) is 0.929. The van der Waals surface area contributed by atoms with Gasteiger partial charge in [-0.05, 0) is 62.7 Å². The van der Waals surface area contributed by atoms with Crippen molar-refractivity contribution in [2.24, 2.45) is 11.8 Å². The number of nitrogens with one attached hydrogen (secondary N) is 1. The average molecular weight is 298 g/mol. The number of hydrogen-bond acceptors (Lipinski definition) is 2. The van der Waals surface area contributed by atoms with E-state index in [1.54, 1.807) is 0 Å². The predicted octanol–water partition coefficient (Wildman–Crippen LogP) is 2.35. The van der Waals surface area contributed by atoms with Crippen molar-refractivity contribution in [2.45, 2.75) is 37.5 Å². The molecule has 0 bridgehead atoms. The Morgan fingerprint density at radius 1 is 1.32 bits per heavy atom. The minimum atomic E-state index is 0.204. The summed E-state index contributed by atoms with van der Waals surface area (Å²) in [5, 5.41) is 3.26. The van der Waals surface area contributed by atoms with Gasteiger partial charge in [0.15, 0.2) is 0 Å². The molecular weight excluding hydrogens is 272 g/mol. The molecule has 1 saturated carbocycles. The number of fused-ring (bicyclic) bond motifs is 2. The number of likely N-dealkylation sites (tertiary alicyclic amines) is 1. The van der Waals surface area contributed by atoms with Gasteiger partial charge in [-0.3, -0.25) is 4.79 Å². The lowest BCUT2D eigenvalue weighted by atomic mass is 9.93. The van der Waals surface area contributed by atoms with Gasteiger partial charge in [0.2, 0.25) is 5.91 Å². The first-order valence-electron chi connectivity index (χ1n) is 8.76. The largest absolute Gasteiger partial charge is 0.342 e. The SMILES string of the molecule is CNCC1CCN(C(=O)C2CC23CCc2ccccc23)CC1. The van der Waals surface area contributed by atoms with Crippen molar-refractivity contribution in [1.82, 2.24) is 10.2 Å². The van der Waals surface area contributed by atoms with Crippen molar-refractivity contribution in [2.75, 3.05) is 26.7 Å². The highest BCUT2D eigenvalue weighted by molar-refractivity contribution is 5.85. The van der Waals surface area contributed by atoms with Crippen LogP contribution in [-0.2, 0) is 16.6 Å². The zero-order valence-corrected chi connectivity index (χ0v) is 13.5. The van der Waals surface area contributed by atoms with Crippen LogP contribution in [0.2, 0.25) is 0 Å². The zero-order valence-electron chi connectivity index (χ0n) is 13.5. The van der Waals surface area contributed by atoms with Gasteiger partial charge in [0.05, 0.1) is 0 Å². The molecule has 3 nitrogen and oxygen atoms in total. The van der Waals surface area contributed by atoms with Gasteiger partial charge in [0.1, 0.15) is 0 Å². The third-order valence-corrected chi connectivity index (χ3v) is 6.19. The first-order chi connectivity index (χ1) is 10.7. The second kappa shape index (κ2) is 5.38. The lowest BCUT2D eigenvalue weighted by Gasteiger charge is -2.32. The summed E-state index contributed by atoms with van der Waals surface area (Å²) in [6.45, 7) is 3.00. The maximum atomic E-state index is 12.9. The first-order valence-corrected chi connectivity index (χ1v) is 8.76. The maximum absolute atomic E-state index is 12.9. The van der Waals surface area contributed by atoms with E-state index in [9.17, 15) is 4.79 Å². The smallest absolute Gasteiger partial charge is 0.226 e. The fourth-order valence-corrected chi connectivity index (χ4v) is 4.79. The molecule has 2 aliphatic carbocycles. The standard InChI is InChI=1S/C19H26N2O/c1-20-13-14-7-10-21(11-8-14)18(22)17-12-19(17)9-6-15-4-2-3-5-16(15)19/h2-5,14,17,20H,6-13H2,1H3. The van der Waals surface area contributed by atoms with E-state index in [4.69, 9.17) is 0 Å². The van der Waals surface area contributed by atoms with E-state index in [1.807, 2.05) is 7.05 Å². The van der Waals surface area contributed by atoms with Crippen LogP contribution >= 0.6 is 0 Å². The number of carbonyl (C=O) groups is 1. The molecule has 1 amide bonds. The normalized spacial score (nSPS) is 30.6. The molecule has 1 aromatic carbocycles. The number of benzene rings is 1. The van der Waals surface area contributed by atoms with Gasteiger partial charge in [-0.25, -0.2) is 0 Å². The molecule has 3 aliphatic rings. The second-order valence-electron chi connectivity index (χ2n) is 7.40. The second-order valence-corrected chi connectivity index (χ2v) is 7.40. The number of amides is 1. The highest BCUT2D eigenvalue weighted by atomic mass is 16.2. The Morgan fingerprint density at radius 3 is 2.86 bits per heavy atom. The van der Waals surface area contributed by atoms with Crippen LogP contribution in [0, 0.1) is 11.8 Å². The van der Waals surface area contributed by atoms with Gasteiger partial charge in [0.25, 0.3) is 0 Å². The number of nitrogens with zero attached hydrogens (tertiary/aromatic N) is 1. The molecule has 2 unspecified atom stereocenters. The number of aryl methyl sites for hydroxylation is 1. The molecular formula is C19H26N2O. The van der Waals surface area contributed by atoms with Crippen LogP contribution in [0.5, 0.6) is 0 Å². The van der Waals surface area contributed by atoms with Crippen LogP contribution in [0.4, 0.5) is 0 Å². The predicted molar refractivity (Wildman–Crippen MR) is 87.8 cm³/mol. The lowest BCUT2D eigenvalue weighted by Crippen LogP contribution is -2.42.